The van der Waals surface area contributed by atoms with Crippen molar-refractivity contribution in [3.63, 3.8) is 0 Å². The molecule has 1 aliphatic heterocycles. The molecule has 0 amide bonds. The van der Waals surface area contributed by atoms with E-state index >= 15 is 0 Å². The number of hydrogen-bond acceptors (Lipinski definition) is 7. The molecule has 25 heavy (non-hydrogen) atoms. The summed E-state index contributed by atoms with van der Waals surface area (Å²) >= 11 is 0. The van der Waals surface area contributed by atoms with Crippen molar-refractivity contribution in [3.05, 3.63) is 53.8 Å². The Morgan fingerprint density at radius 1 is 1.16 bits per heavy atom. The zero-order chi connectivity index (χ0) is 17.2. The molecular formula is C18H20N6O. The first-order chi connectivity index (χ1) is 12.2. The number of rotatable bonds is 4. The Morgan fingerprint density at radius 3 is 2.80 bits per heavy atom. The minimum atomic E-state index is 0.626. The van der Waals surface area contributed by atoms with Crippen LogP contribution in [0.2, 0.25) is 0 Å². The summed E-state index contributed by atoms with van der Waals surface area (Å²) in [7, 11) is 4.01. The summed E-state index contributed by atoms with van der Waals surface area (Å²) in [6, 6.07) is 9.87. The zero-order valence-electron chi connectivity index (χ0n) is 14.4. The molecule has 0 unspecified atom stereocenters. The lowest BCUT2D eigenvalue weighted by Crippen LogP contribution is -2.32. The summed E-state index contributed by atoms with van der Waals surface area (Å²) < 4.78 is 5.44. The van der Waals surface area contributed by atoms with Gasteiger partial charge in [0.15, 0.2) is 0 Å². The van der Waals surface area contributed by atoms with Crippen molar-refractivity contribution in [3.8, 4) is 11.4 Å². The fourth-order valence-corrected chi connectivity index (χ4v) is 3.12. The molecular weight excluding hydrogens is 316 g/mol. The first-order valence-corrected chi connectivity index (χ1v) is 8.31. The number of nitrogens with zero attached hydrogens (tertiary/aromatic N) is 6. The second-order valence-electron chi connectivity index (χ2n) is 6.36. The van der Waals surface area contributed by atoms with E-state index in [0.717, 1.165) is 36.6 Å². The van der Waals surface area contributed by atoms with E-state index < -0.39 is 0 Å². The Bertz CT molecular complexity index is 861. The van der Waals surface area contributed by atoms with Gasteiger partial charge in [-0.1, -0.05) is 35.5 Å². The lowest BCUT2D eigenvalue weighted by Gasteiger charge is -2.29. The molecule has 1 aromatic carbocycles. The van der Waals surface area contributed by atoms with E-state index in [4.69, 9.17) is 4.52 Å². The van der Waals surface area contributed by atoms with Crippen molar-refractivity contribution in [2.75, 3.05) is 25.5 Å². The van der Waals surface area contributed by atoms with Gasteiger partial charge in [0.2, 0.25) is 11.7 Å². The third-order valence-corrected chi connectivity index (χ3v) is 4.34. The number of benzene rings is 1. The normalized spacial score (nSPS) is 14.3. The second-order valence-corrected chi connectivity index (χ2v) is 6.36. The van der Waals surface area contributed by atoms with Gasteiger partial charge in [0, 0.05) is 44.7 Å². The van der Waals surface area contributed by atoms with Crippen LogP contribution in [-0.4, -0.2) is 45.6 Å². The molecule has 0 N–H and O–H groups in total. The van der Waals surface area contributed by atoms with Crippen molar-refractivity contribution in [2.45, 2.75) is 19.5 Å². The minimum absolute atomic E-state index is 0.626. The fraction of sp³-hybridized carbons (Fsp3) is 0.333. The van der Waals surface area contributed by atoms with Gasteiger partial charge in [-0.3, -0.25) is 4.90 Å². The average molecular weight is 336 g/mol. The molecule has 0 saturated carbocycles. The van der Waals surface area contributed by atoms with Crippen LogP contribution in [0.5, 0.6) is 0 Å². The monoisotopic (exact) mass is 336 g/mol. The van der Waals surface area contributed by atoms with E-state index in [0.29, 0.717) is 18.3 Å². The van der Waals surface area contributed by atoms with E-state index in [1.165, 1.54) is 5.56 Å². The average Bonchev–Trinajstić information content (AvgIpc) is 3.10. The summed E-state index contributed by atoms with van der Waals surface area (Å²) in [5, 5.41) is 4.10. The highest BCUT2D eigenvalue weighted by Gasteiger charge is 2.23. The van der Waals surface area contributed by atoms with Gasteiger partial charge in [-0.05, 0) is 0 Å². The Balaban J connectivity index is 1.51. The molecule has 0 spiro atoms. The largest absolute Gasteiger partial charge is 0.362 e. The maximum absolute atomic E-state index is 5.44. The van der Waals surface area contributed by atoms with Gasteiger partial charge < -0.3 is 9.42 Å². The number of aromatic nitrogens is 4. The molecule has 0 atom stereocenters. The van der Waals surface area contributed by atoms with Gasteiger partial charge in [-0.15, -0.1) is 0 Å². The summed E-state index contributed by atoms with van der Waals surface area (Å²) in [6.45, 7) is 2.33. The van der Waals surface area contributed by atoms with Crippen LogP contribution < -0.4 is 4.90 Å². The molecule has 1 aliphatic rings. The Hall–Kier alpha value is -2.80. The lowest BCUT2D eigenvalue weighted by molar-refractivity contribution is 0.209. The van der Waals surface area contributed by atoms with Gasteiger partial charge in [0.25, 0.3) is 0 Å². The molecule has 0 fully saturated rings. The van der Waals surface area contributed by atoms with E-state index in [1.807, 2.05) is 49.3 Å². The third kappa shape index (κ3) is 3.23. The summed E-state index contributed by atoms with van der Waals surface area (Å²) in [4.78, 5) is 17.7. The van der Waals surface area contributed by atoms with E-state index in [1.54, 1.807) is 6.33 Å². The molecule has 0 bridgehead atoms. The summed E-state index contributed by atoms with van der Waals surface area (Å²) in [5.74, 6) is 2.24. The highest BCUT2D eigenvalue weighted by atomic mass is 16.5. The van der Waals surface area contributed by atoms with Gasteiger partial charge in [-0.2, -0.15) is 4.98 Å². The highest BCUT2D eigenvalue weighted by molar-refractivity contribution is 5.53. The highest BCUT2D eigenvalue weighted by Crippen LogP contribution is 2.25. The molecule has 128 valence electrons. The fourth-order valence-electron chi connectivity index (χ4n) is 3.12. The minimum Gasteiger partial charge on any atom is -0.362 e. The number of hydrogen-bond donors (Lipinski definition) is 0. The van der Waals surface area contributed by atoms with Crippen LogP contribution in [-0.2, 0) is 19.5 Å². The van der Waals surface area contributed by atoms with Crippen LogP contribution in [0.15, 0.2) is 41.2 Å². The molecule has 0 saturated heterocycles. The zero-order valence-corrected chi connectivity index (χ0v) is 14.4. The van der Waals surface area contributed by atoms with Gasteiger partial charge >= 0.3 is 0 Å². The molecule has 0 aliphatic carbocycles. The van der Waals surface area contributed by atoms with Crippen LogP contribution in [0.25, 0.3) is 11.4 Å². The maximum Gasteiger partial charge on any atom is 0.241 e. The first-order valence-electron chi connectivity index (χ1n) is 8.31. The molecule has 0 radical (unpaired) electrons. The molecule has 2 aromatic heterocycles. The van der Waals surface area contributed by atoms with Crippen LogP contribution in [0.3, 0.4) is 0 Å². The SMILES string of the molecule is CN(C)c1ncnc2c1CN(Cc1nc(-c3ccccc3)no1)CC2. The summed E-state index contributed by atoms with van der Waals surface area (Å²) in [6.07, 6.45) is 2.55. The number of fused-ring (bicyclic) bond motifs is 1. The van der Waals surface area contributed by atoms with E-state index in [2.05, 4.69) is 25.0 Å². The van der Waals surface area contributed by atoms with Crippen molar-refractivity contribution < 1.29 is 4.52 Å². The van der Waals surface area contributed by atoms with Gasteiger partial charge in [0.05, 0.1) is 12.2 Å². The van der Waals surface area contributed by atoms with E-state index in [-0.39, 0.29) is 0 Å². The maximum atomic E-state index is 5.44. The van der Waals surface area contributed by atoms with Crippen molar-refractivity contribution in [1.82, 2.24) is 25.0 Å². The predicted octanol–water partition coefficient (Wildman–Crippen LogP) is 2.15. The van der Waals surface area contributed by atoms with Crippen molar-refractivity contribution in [2.24, 2.45) is 0 Å². The topological polar surface area (TPSA) is 71.2 Å². The Morgan fingerprint density at radius 2 is 2.00 bits per heavy atom. The van der Waals surface area contributed by atoms with Crippen LogP contribution in [0, 0.1) is 0 Å². The van der Waals surface area contributed by atoms with Crippen LogP contribution >= 0.6 is 0 Å². The number of anilines is 1. The molecule has 4 rings (SSSR count). The Labute approximate surface area is 146 Å². The van der Waals surface area contributed by atoms with Crippen molar-refractivity contribution >= 4 is 5.82 Å². The van der Waals surface area contributed by atoms with Gasteiger partial charge in [-0.25, -0.2) is 9.97 Å². The summed E-state index contributed by atoms with van der Waals surface area (Å²) in [5.41, 5.74) is 3.27. The smallest absolute Gasteiger partial charge is 0.241 e. The second kappa shape index (κ2) is 6.60. The first kappa shape index (κ1) is 15.7. The molecule has 3 aromatic rings. The standard InChI is InChI=1S/C18H20N6O/c1-23(2)18-14-10-24(9-8-15(14)19-12-20-18)11-16-21-17(22-25-16)13-6-4-3-5-7-13/h3-7,12H,8-11H2,1-2H3. The van der Waals surface area contributed by atoms with Crippen LogP contribution in [0.1, 0.15) is 17.1 Å². The quantitative estimate of drug-likeness (QED) is 0.723. The van der Waals surface area contributed by atoms with E-state index in [9.17, 15) is 0 Å². The van der Waals surface area contributed by atoms with Crippen LogP contribution in [0.4, 0.5) is 5.82 Å². The lowest BCUT2D eigenvalue weighted by atomic mass is 10.1. The third-order valence-electron chi connectivity index (χ3n) is 4.34. The van der Waals surface area contributed by atoms with Crippen molar-refractivity contribution in [1.29, 1.82) is 0 Å². The Kier molecular flexibility index (Phi) is 4.15. The predicted molar refractivity (Wildman–Crippen MR) is 93.9 cm³/mol. The molecule has 3 heterocycles. The molecule has 7 nitrogen and oxygen atoms in total. The molecule has 7 heteroatoms. The van der Waals surface area contributed by atoms with Gasteiger partial charge in [0.1, 0.15) is 12.1 Å².